The molecule has 1 heterocycles. The molecule has 0 aromatic rings. The Morgan fingerprint density at radius 1 is 1.43 bits per heavy atom. The largest absolute Gasteiger partial charge is 0.466 e. The maximum Gasteiger partial charge on any atom is 0.311 e. The molecule has 0 amide bonds. The molecule has 1 aliphatic heterocycles. The highest BCUT2D eigenvalue weighted by atomic mass is 16.5. The fourth-order valence-electron chi connectivity index (χ4n) is 1.60. The van der Waals surface area contributed by atoms with Gasteiger partial charge in [-0.2, -0.15) is 0 Å². The monoisotopic (exact) mass is 202 g/mol. The van der Waals surface area contributed by atoms with E-state index in [-0.39, 0.29) is 5.97 Å². The number of carbonyl (C=O) groups excluding carboxylic acids is 1. The molecule has 4 nitrogen and oxygen atoms in total. The van der Waals surface area contributed by atoms with E-state index in [9.17, 15) is 4.79 Å². The van der Waals surface area contributed by atoms with Crippen LogP contribution in [-0.4, -0.2) is 57.0 Å². The van der Waals surface area contributed by atoms with Crippen LogP contribution in [0.5, 0.6) is 0 Å². The maximum absolute atomic E-state index is 11.2. The van der Waals surface area contributed by atoms with E-state index in [4.69, 9.17) is 9.47 Å². The summed E-state index contributed by atoms with van der Waals surface area (Å²) in [6.45, 7) is 6.79. The lowest BCUT2D eigenvalue weighted by atomic mass is 10.3. The number of likely N-dealkylation sites (N-methyl/N-ethyl adjacent to an activating group) is 1. The van der Waals surface area contributed by atoms with Crippen LogP contribution in [0.25, 0.3) is 0 Å². The fraction of sp³-hybridized carbons (Fsp3) is 0.900. The van der Waals surface area contributed by atoms with Crippen molar-refractivity contribution >= 4 is 5.97 Å². The Kier molecular flexibility index (Phi) is 4.35. The second kappa shape index (κ2) is 5.32. The molecule has 0 spiro atoms. The van der Waals surface area contributed by atoms with Crippen molar-refractivity contribution in [3.8, 4) is 0 Å². The molecule has 0 N–H and O–H groups in total. The van der Waals surface area contributed by atoms with Gasteiger partial charge < -0.3 is 14.0 Å². The Labute approximate surface area is 85.4 Å². The van der Waals surface area contributed by atoms with Crippen molar-refractivity contribution in [1.29, 1.82) is 0 Å². The number of esters is 1. The Morgan fingerprint density at radius 2 is 2.07 bits per heavy atom. The normalized spacial score (nSPS) is 20.4. The average molecular weight is 202 g/mol. The first-order chi connectivity index (χ1) is 6.66. The number of ether oxygens (including phenoxy) is 2. The van der Waals surface area contributed by atoms with Crippen LogP contribution in [0, 0.1) is 0 Å². The van der Waals surface area contributed by atoms with E-state index in [1.165, 1.54) is 0 Å². The van der Waals surface area contributed by atoms with Gasteiger partial charge in [0.25, 0.3) is 0 Å². The molecular formula is C10H20NO3+. The summed E-state index contributed by atoms with van der Waals surface area (Å²) in [7, 11) is 2.17. The number of quaternary nitrogens is 1. The molecule has 1 fully saturated rings. The summed E-state index contributed by atoms with van der Waals surface area (Å²) in [6.07, 6.45) is 0.518. The van der Waals surface area contributed by atoms with Crippen LogP contribution in [0.3, 0.4) is 0 Å². The minimum absolute atomic E-state index is 0.0849. The molecule has 0 aliphatic carbocycles. The average Bonchev–Trinajstić information content (AvgIpc) is 2.17. The summed E-state index contributed by atoms with van der Waals surface area (Å²) >= 11 is 0. The van der Waals surface area contributed by atoms with Gasteiger partial charge in [0.2, 0.25) is 0 Å². The first-order valence-electron chi connectivity index (χ1n) is 5.23. The van der Waals surface area contributed by atoms with Gasteiger partial charge >= 0.3 is 5.97 Å². The number of hydrogen-bond donors (Lipinski definition) is 0. The molecule has 0 unspecified atom stereocenters. The van der Waals surface area contributed by atoms with Crippen LogP contribution in [0.4, 0.5) is 0 Å². The second-order valence-corrected chi connectivity index (χ2v) is 3.96. The molecule has 82 valence electrons. The molecular weight excluding hydrogens is 182 g/mol. The van der Waals surface area contributed by atoms with E-state index >= 15 is 0 Å². The van der Waals surface area contributed by atoms with E-state index in [0.29, 0.717) is 13.0 Å². The molecule has 0 saturated carbocycles. The van der Waals surface area contributed by atoms with E-state index < -0.39 is 0 Å². The molecule has 0 aromatic heterocycles. The zero-order chi connectivity index (χ0) is 10.4. The zero-order valence-electron chi connectivity index (χ0n) is 9.12. The lowest BCUT2D eigenvalue weighted by Crippen LogP contribution is -2.52. The first kappa shape index (κ1) is 11.5. The third-order valence-electron chi connectivity index (χ3n) is 2.71. The van der Waals surface area contributed by atoms with E-state index in [1.54, 1.807) is 0 Å². The maximum atomic E-state index is 11.2. The van der Waals surface area contributed by atoms with E-state index in [2.05, 4.69) is 7.05 Å². The summed E-state index contributed by atoms with van der Waals surface area (Å²) in [5.41, 5.74) is 0. The quantitative estimate of drug-likeness (QED) is 0.489. The van der Waals surface area contributed by atoms with Gasteiger partial charge in [-0.1, -0.05) is 0 Å². The minimum Gasteiger partial charge on any atom is -0.466 e. The third-order valence-corrected chi connectivity index (χ3v) is 2.71. The van der Waals surface area contributed by atoms with Gasteiger partial charge in [-0.05, 0) is 6.92 Å². The predicted octanol–water partition coefficient (Wildman–Crippen LogP) is 0.416. The van der Waals surface area contributed by atoms with Crippen molar-refractivity contribution < 1.29 is 18.8 Å². The Balaban J connectivity index is 2.24. The van der Waals surface area contributed by atoms with Gasteiger partial charge in [-0.3, -0.25) is 4.79 Å². The van der Waals surface area contributed by atoms with E-state index in [1.807, 2.05) is 6.92 Å². The molecule has 1 rings (SSSR count). The lowest BCUT2D eigenvalue weighted by molar-refractivity contribution is -0.916. The molecule has 0 radical (unpaired) electrons. The molecule has 1 saturated heterocycles. The van der Waals surface area contributed by atoms with Gasteiger partial charge in [0.15, 0.2) is 0 Å². The first-order valence-corrected chi connectivity index (χ1v) is 5.23. The standard InChI is InChI=1S/C10H20NO3/c1-3-14-10(12)4-5-11(2)6-8-13-9-7-11/h3-9H2,1-2H3/q+1. The van der Waals surface area contributed by atoms with Crippen LogP contribution in [0.2, 0.25) is 0 Å². The van der Waals surface area contributed by atoms with Gasteiger partial charge in [0, 0.05) is 0 Å². The van der Waals surface area contributed by atoms with Gasteiger partial charge in [0.05, 0.1) is 39.8 Å². The summed E-state index contributed by atoms with van der Waals surface area (Å²) in [5.74, 6) is -0.0849. The van der Waals surface area contributed by atoms with Crippen molar-refractivity contribution in [2.45, 2.75) is 13.3 Å². The summed E-state index contributed by atoms with van der Waals surface area (Å²) in [6, 6.07) is 0. The number of morpholine rings is 1. The van der Waals surface area contributed by atoms with Crippen LogP contribution in [-0.2, 0) is 14.3 Å². The molecule has 4 heteroatoms. The zero-order valence-corrected chi connectivity index (χ0v) is 9.12. The third kappa shape index (κ3) is 3.64. The van der Waals surface area contributed by atoms with Gasteiger partial charge in [0.1, 0.15) is 13.1 Å². The number of carbonyl (C=O) groups is 1. The van der Waals surface area contributed by atoms with Crippen molar-refractivity contribution in [3.63, 3.8) is 0 Å². The Bertz CT molecular complexity index is 188. The second-order valence-electron chi connectivity index (χ2n) is 3.96. The smallest absolute Gasteiger partial charge is 0.311 e. The highest BCUT2D eigenvalue weighted by Crippen LogP contribution is 2.08. The van der Waals surface area contributed by atoms with Crippen molar-refractivity contribution in [1.82, 2.24) is 0 Å². The van der Waals surface area contributed by atoms with Crippen LogP contribution >= 0.6 is 0 Å². The van der Waals surface area contributed by atoms with Gasteiger partial charge in [-0.25, -0.2) is 0 Å². The number of rotatable bonds is 4. The lowest BCUT2D eigenvalue weighted by Gasteiger charge is -2.37. The molecule has 0 bridgehead atoms. The molecule has 14 heavy (non-hydrogen) atoms. The number of nitrogens with zero attached hydrogens (tertiary/aromatic N) is 1. The summed E-state index contributed by atoms with van der Waals surface area (Å²) in [5, 5.41) is 0. The SMILES string of the molecule is CCOC(=O)CC[N+]1(C)CCOCC1. The highest BCUT2D eigenvalue weighted by Gasteiger charge is 2.25. The van der Waals surface area contributed by atoms with Crippen LogP contribution in [0.15, 0.2) is 0 Å². The molecule has 0 atom stereocenters. The van der Waals surface area contributed by atoms with Crippen LogP contribution < -0.4 is 0 Å². The summed E-state index contributed by atoms with van der Waals surface area (Å²) < 4.78 is 11.1. The van der Waals surface area contributed by atoms with Crippen molar-refractivity contribution in [2.24, 2.45) is 0 Å². The number of hydrogen-bond acceptors (Lipinski definition) is 3. The predicted molar refractivity (Wildman–Crippen MR) is 52.9 cm³/mol. The van der Waals surface area contributed by atoms with Crippen LogP contribution in [0.1, 0.15) is 13.3 Å². The van der Waals surface area contributed by atoms with Gasteiger partial charge in [-0.15, -0.1) is 0 Å². The highest BCUT2D eigenvalue weighted by molar-refractivity contribution is 5.69. The minimum atomic E-state index is -0.0849. The Morgan fingerprint density at radius 3 is 2.64 bits per heavy atom. The molecule has 0 aromatic carbocycles. The summed E-state index contributed by atoms with van der Waals surface area (Å²) in [4.78, 5) is 11.2. The Hall–Kier alpha value is -0.610. The fourth-order valence-corrected chi connectivity index (χ4v) is 1.60. The van der Waals surface area contributed by atoms with E-state index in [0.717, 1.165) is 37.3 Å². The topological polar surface area (TPSA) is 35.5 Å². The van der Waals surface area contributed by atoms with Crippen molar-refractivity contribution in [3.05, 3.63) is 0 Å². The van der Waals surface area contributed by atoms with Crippen molar-refractivity contribution in [2.75, 3.05) is 46.5 Å². The molecule has 1 aliphatic rings.